The van der Waals surface area contributed by atoms with Gasteiger partial charge < -0.3 is 4.57 Å². The van der Waals surface area contributed by atoms with E-state index in [0.29, 0.717) is 24.1 Å². The highest BCUT2D eigenvalue weighted by Gasteiger charge is 2.36. The van der Waals surface area contributed by atoms with Crippen molar-refractivity contribution in [2.75, 3.05) is 0 Å². The van der Waals surface area contributed by atoms with Crippen LogP contribution in [0.4, 0.5) is 13.2 Å². The molecule has 2 unspecified atom stereocenters. The van der Waals surface area contributed by atoms with Gasteiger partial charge in [0.2, 0.25) is 0 Å². The van der Waals surface area contributed by atoms with Crippen LogP contribution < -0.4 is 0 Å². The Hall–Kier alpha value is -0.930. The first-order valence-electron chi connectivity index (χ1n) is 5.57. The summed E-state index contributed by atoms with van der Waals surface area (Å²) in [4.78, 5) is 0. The van der Waals surface area contributed by atoms with Crippen molar-refractivity contribution in [3.05, 3.63) is 23.0 Å². The third-order valence-electron chi connectivity index (χ3n) is 3.73. The molecule has 0 aliphatic carbocycles. The molecule has 0 saturated heterocycles. The Morgan fingerprint density at radius 2 is 1.88 bits per heavy atom. The number of halogens is 3. The van der Waals surface area contributed by atoms with Gasteiger partial charge in [-0.05, 0) is 31.2 Å². The zero-order valence-corrected chi connectivity index (χ0v) is 9.73. The number of alkyl halides is 3. The quantitative estimate of drug-likeness (QED) is 0.642. The summed E-state index contributed by atoms with van der Waals surface area (Å²) in [5.41, 5.74) is 0.723. The second-order valence-corrected chi connectivity index (χ2v) is 4.90. The van der Waals surface area contributed by atoms with E-state index in [-0.39, 0.29) is 0 Å². The number of rotatable bonds is 0. The van der Waals surface area contributed by atoms with E-state index in [1.54, 1.807) is 6.92 Å². The Morgan fingerprint density at radius 1 is 1.25 bits per heavy atom. The summed E-state index contributed by atoms with van der Waals surface area (Å²) < 4.78 is 40.0. The minimum absolute atomic E-state index is 0.362. The standard InChI is InChI=1S/C12H16F3N/c1-7-4-10-5-11(12(13,14)15)9(3)16(10)6-8(7)2/h5,7-8H,4,6H2,1-3H3. The van der Waals surface area contributed by atoms with Crippen molar-refractivity contribution in [1.29, 1.82) is 0 Å². The van der Waals surface area contributed by atoms with Gasteiger partial charge in [-0.15, -0.1) is 0 Å². The first-order chi connectivity index (χ1) is 7.30. The molecule has 0 radical (unpaired) electrons. The van der Waals surface area contributed by atoms with E-state index in [0.717, 1.165) is 12.1 Å². The molecule has 0 amide bonds. The Kier molecular flexibility index (Phi) is 2.55. The molecule has 1 aliphatic heterocycles. The normalized spacial score (nSPS) is 25.6. The predicted molar refractivity (Wildman–Crippen MR) is 56.2 cm³/mol. The molecule has 4 heteroatoms. The monoisotopic (exact) mass is 231 g/mol. The van der Waals surface area contributed by atoms with Crippen molar-refractivity contribution in [2.45, 2.75) is 39.9 Å². The molecule has 1 aliphatic rings. The van der Waals surface area contributed by atoms with Crippen molar-refractivity contribution >= 4 is 0 Å². The van der Waals surface area contributed by atoms with Gasteiger partial charge in [0.1, 0.15) is 0 Å². The van der Waals surface area contributed by atoms with Crippen LogP contribution in [0.2, 0.25) is 0 Å². The molecule has 1 aromatic rings. The lowest BCUT2D eigenvalue weighted by Gasteiger charge is -2.28. The number of aromatic nitrogens is 1. The number of hydrogen-bond donors (Lipinski definition) is 0. The maximum absolute atomic E-state index is 12.7. The van der Waals surface area contributed by atoms with Gasteiger partial charge >= 0.3 is 6.18 Å². The molecule has 0 fully saturated rings. The number of nitrogens with zero attached hydrogens (tertiary/aromatic N) is 1. The first kappa shape index (κ1) is 11.6. The van der Waals surface area contributed by atoms with Crippen LogP contribution >= 0.6 is 0 Å². The van der Waals surface area contributed by atoms with Crippen LogP contribution in [-0.2, 0) is 19.1 Å². The Morgan fingerprint density at radius 3 is 2.44 bits per heavy atom. The van der Waals surface area contributed by atoms with Crippen LogP contribution in [0.25, 0.3) is 0 Å². The van der Waals surface area contributed by atoms with Gasteiger partial charge in [-0.3, -0.25) is 0 Å². The lowest BCUT2D eigenvalue weighted by Crippen LogP contribution is -2.25. The smallest absolute Gasteiger partial charge is 0.348 e. The van der Waals surface area contributed by atoms with Crippen molar-refractivity contribution < 1.29 is 13.2 Å². The second kappa shape index (κ2) is 3.54. The molecule has 1 aromatic heterocycles. The number of fused-ring (bicyclic) bond motifs is 1. The molecule has 1 nitrogen and oxygen atoms in total. The summed E-state index contributed by atoms with van der Waals surface area (Å²) in [6, 6.07) is 1.32. The minimum atomic E-state index is -4.22. The van der Waals surface area contributed by atoms with Crippen molar-refractivity contribution in [3.63, 3.8) is 0 Å². The van der Waals surface area contributed by atoms with E-state index in [9.17, 15) is 13.2 Å². The first-order valence-corrected chi connectivity index (χ1v) is 5.57. The maximum Gasteiger partial charge on any atom is 0.418 e. The molecule has 0 spiro atoms. The van der Waals surface area contributed by atoms with Crippen LogP contribution in [0.1, 0.15) is 30.8 Å². The third-order valence-corrected chi connectivity index (χ3v) is 3.73. The Bertz CT molecular complexity index is 403. The molecule has 0 saturated carbocycles. The Labute approximate surface area is 93.3 Å². The van der Waals surface area contributed by atoms with E-state index in [1.807, 2.05) is 4.57 Å². The zero-order valence-electron chi connectivity index (χ0n) is 9.73. The van der Waals surface area contributed by atoms with E-state index in [4.69, 9.17) is 0 Å². The van der Waals surface area contributed by atoms with Gasteiger partial charge in [0.05, 0.1) is 5.56 Å². The molecule has 2 heterocycles. The van der Waals surface area contributed by atoms with E-state index in [2.05, 4.69) is 13.8 Å². The molecule has 16 heavy (non-hydrogen) atoms. The predicted octanol–water partition coefficient (Wildman–Crippen LogP) is 3.64. The average molecular weight is 231 g/mol. The third kappa shape index (κ3) is 1.74. The summed E-state index contributed by atoms with van der Waals surface area (Å²) in [6.07, 6.45) is -3.47. The van der Waals surface area contributed by atoms with Gasteiger partial charge in [0, 0.05) is 17.9 Å². The molecular formula is C12H16F3N. The average Bonchev–Trinajstić information content (AvgIpc) is 2.45. The van der Waals surface area contributed by atoms with Crippen molar-refractivity contribution in [3.8, 4) is 0 Å². The highest BCUT2D eigenvalue weighted by molar-refractivity contribution is 5.31. The van der Waals surface area contributed by atoms with Crippen LogP contribution in [0.3, 0.4) is 0 Å². The van der Waals surface area contributed by atoms with E-state index < -0.39 is 11.7 Å². The fourth-order valence-corrected chi connectivity index (χ4v) is 2.42. The SMILES string of the molecule is Cc1c(C(F)(F)F)cc2n1CC(C)C(C)C2. The topological polar surface area (TPSA) is 4.93 Å². The lowest BCUT2D eigenvalue weighted by atomic mass is 9.88. The summed E-state index contributed by atoms with van der Waals surface area (Å²) >= 11 is 0. The molecule has 0 bridgehead atoms. The zero-order chi connectivity index (χ0) is 12.1. The van der Waals surface area contributed by atoms with Gasteiger partial charge in [-0.1, -0.05) is 13.8 Å². The summed E-state index contributed by atoms with van der Waals surface area (Å²) in [5.74, 6) is 0.905. The summed E-state index contributed by atoms with van der Waals surface area (Å²) in [5, 5.41) is 0. The lowest BCUT2D eigenvalue weighted by molar-refractivity contribution is -0.138. The highest BCUT2D eigenvalue weighted by atomic mass is 19.4. The van der Waals surface area contributed by atoms with Crippen molar-refractivity contribution in [2.24, 2.45) is 11.8 Å². The molecule has 2 atom stereocenters. The molecule has 0 aromatic carbocycles. The van der Waals surface area contributed by atoms with Gasteiger partial charge in [-0.2, -0.15) is 13.2 Å². The molecule has 2 rings (SSSR count). The number of hydrogen-bond acceptors (Lipinski definition) is 0. The molecule has 90 valence electrons. The fraction of sp³-hybridized carbons (Fsp3) is 0.667. The second-order valence-electron chi connectivity index (χ2n) is 4.90. The largest absolute Gasteiger partial charge is 0.418 e. The van der Waals surface area contributed by atoms with Crippen LogP contribution in [0.5, 0.6) is 0 Å². The van der Waals surface area contributed by atoms with Crippen LogP contribution in [-0.4, -0.2) is 4.57 Å². The summed E-state index contributed by atoms with van der Waals surface area (Å²) in [7, 11) is 0. The van der Waals surface area contributed by atoms with Gasteiger partial charge in [-0.25, -0.2) is 0 Å². The van der Waals surface area contributed by atoms with E-state index >= 15 is 0 Å². The summed E-state index contributed by atoms with van der Waals surface area (Å²) in [6.45, 7) is 6.47. The Balaban J connectivity index is 2.46. The minimum Gasteiger partial charge on any atom is -0.348 e. The van der Waals surface area contributed by atoms with Gasteiger partial charge in [0.25, 0.3) is 0 Å². The van der Waals surface area contributed by atoms with Gasteiger partial charge in [0.15, 0.2) is 0 Å². The maximum atomic E-state index is 12.7. The van der Waals surface area contributed by atoms with Crippen LogP contribution in [0, 0.1) is 18.8 Å². The van der Waals surface area contributed by atoms with Crippen molar-refractivity contribution in [1.82, 2.24) is 4.57 Å². The molecular weight excluding hydrogens is 215 g/mol. The van der Waals surface area contributed by atoms with Crippen LogP contribution in [0.15, 0.2) is 6.07 Å². The van der Waals surface area contributed by atoms with E-state index in [1.165, 1.54) is 6.07 Å². The highest BCUT2D eigenvalue weighted by Crippen LogP contribution is 2.37. The molecule has 0 N–H and O–H groups in total. The fourth-order valence-electron chi connectivity index (χ4n) is 2.42.